The number of hydrogen-bond acceptors (Lipinski definition) is 4. The molecule has 1 saturated carbocycles. The van der Waals surface area contributed by atoms with Gasteiger partial charge in [-0.15, -0.1) is 0 Å². The average Bonchev–Trinajstić information content (AvgIpc) is 2.62. The molecule has 136 valence electrons. The van der Waals surface area contributed by atoms with Crippen molar-refractivity contribution in [1.29, 1.82) is 0 Å². The molecule has 0 heterocycles. The lowest BCUT2D eigenvalue weighted by Crippen LogP contribution is -2.42. The van der Waals surface area contributed by atoms with Crippen LogP contribution in [0.1, 0.15) is 37.7 Å². The fourth-order valence-corrected chi connectivity index (χ4v) is 3.15. The van der Waals surface area contributed by atoms with E-state index in [0.29, 0.717) is 12.1 Å². The van der Waals surface area contributed by atoms with Gasteiger partial charge in [0.25, 0.3) is 0 Å². The van der Waals surface area contributed by atoms with Crippen LogP contribution in [0.4, 0.5) is 9.18 Å². The van der Waals surface area contributed by atoms with E-state index in [-0.39, 0.29) is 24.7 Å². The van der Waals surface area contributed by atoms with Gasteiger partial charge < -0.3 is 20.9 Å². The van der Waals surface area contributed by atoms with E-state index >= 15 is 0 Å². The topological polar surface area (TPSA) is 105 Å². The molecule has 7 heteroatoms. The van der Waals surface area contributed by atoms with Crippen molar-refractivity contribution in [2.75, 3.05) is 13.2 Å². The number of primary amides is 2. The smallest absolute Gasteiger partial charge is 0.404 e. The monoisotopic (exact) mass is 350 g/mol. The third-order valence-electron chi connectivity index (χ3n) is 4.56. The first-order chi connectivity index (χ1) is 12.0. The number of carbonyl (C=O) groups excluding carboxylic acids is 2. The summed E-state index contributed by atoms with van der Waals surface area (Å²) in [6.07, 6.45) is 3.91. The van der Waals surface area contributed by atoms with Gasteiger partial charge in [-0.3, -0.25) is 4.79 Å². The normalized spacial score (nSPS) is 16.9. The van der Waals surface area contributed by atoms with Crippen LogP contribution in [0.2, 0.25) is 0 Å². The Bertz CT molecular complexity index is 637. The minimum absolute atomic E-state index is 0.0793. The van der Waals surface area contributed by atoms with Crippen LogP contribution in [0, 0.1) is 0 Å². The number of halogens is 1. The summed E-state index contributed by atoms with van der Waals surface area (Å²) in [7, 11) is 0. The van der Waals surface area contributed by atoms with Crippen molar-refractivity contribution >= 4 is 12.0 Å². The van der Waals surface area contributed by atoms with Gasteiger partial charge in [0.2, 0.25) is 5.91 Å². The Hall–Kier alpha value is -2.57. The maximum atomic E-state index is 12.7. The molecule has 0 aliphatic heterocycles. The van der Waals surface area contributed by atoms with E-state index in [1.807, 2.05) is 12.1 Å². The maximum Gasteiger partial charge on any atom is 0.404 e. The van der Waals surface area contributed by atoms with Gasteiger partial charge in [-0.05, 0) is 30.5 Å². The van der Waals surface area contributed by atoms with Crippen molar-refractivity contribution in [2.24, 2.45) is 11.5 Å². The van der Waals surface area contributed by atoms with Gasteiger partial charge in [-0.1, -0.05) is 31.4 Å². The molecule has 0 aromatic heterocycles. The lowest BCUT2D eigenvalue weighted by molar-refractivity contribution is -0.124. The Morgan fingerprint density at radius 2 is 1.72 bits per heavy atom. The summed E-state index contributed by atoms with van der Waals surface area (Å²) < 4.78 is 22.7. The number of nitrogens with two attached hydrogens (primary N) is 2. The standard InChI is InChI=1S/C18H23FN2O4/c19-10-13(12-25-17(21)23)11-24-15-6-4-14(5-7-15)18(16(20)22)8-2-1-3-9-18/h4-7,10H,1-3,8-9,11-12H2,(H2,20,22)(H2,21,23)/b13-10+. The number of ether oxygens (including phenoxy) is 2. The summed E-state index contributed by atoms with van der Waals surface area (Å²) >= 11 is 0. The van der Waals surface area contributed by atoms with E-state index in [0.717, 1.165) is 37.7 Å². The van der Waals surface area contributed by atoms with Crippen LogP contribution in [0.5, 0.6) is 5.75 Å². The minimum Gasteiger partial charge on any atom is -0.489 e. The lowest BCUT2D eigenvalue weighted by Gasteiger charge is -2.34. The molecule has 1 aromatic carbocycles. The first-order valence-corrected chi connectivity index (χ1v) is 8.21. The first kappa shape index (κ1) is 18.8. The zero-order valence-electron chi connectivity index (χ0n) is 14.0. The molecular weight excluding hydrogens is 327 g/mol. The summed E-state index contributed by atoms with van der Waals surface area (Å²) in [4.78, 5) is 22.6. The van der Waals surface area contributed by atoms with Crippen LogP contribution in [0.3, 0.4) is 0 Å². The van der Waals surface area contributed by atoms with Gasteiger partial charge >= 0.3 is 6.09 Å². The van der Waals surface area contributed by atoms with Gasteiger partial charge in [-0.2, -0.15) is 0 Å². The molecule has 1 fully saturated rings. The van der Waals surface area contributed by atoms with Crippen molar-refractivity contribution in [2.45, 2.75) is 37.5 Å². The lowest BCUT2D eigenvalue weighted by atomic mass is 9.69. The molecule has 0 bridgehead atoms. The molecule has 0 saturated heterocycles. The van der Waals surface area contributed by atoms with Crippen LogP contribution in [-0.4, -0.2) is 25.2 Å². The molecule has 1 aromatic rings. The summed E-state index contributed by atoms with van der Waals surface area (Å²) in [6.45, 7) is -0.348. The largest absolute Gasteiger partial charge is 0.489 e. The SMILES string of the molecule is NC(=O)OC/C(=C/F)COc1ccc(C2(C(N)=O)CCCCC2)cc1. The molecule has 1 aliphatic rings. The number of carbonyl (C=O) groups is 2. The minimum atomic E-state index is -0.979. The second-order valence-electron chi connectivity index (χ2n) is 6.20. The van der Waals surface area contributed by atoms with E-state index in [4.69, 9.17) is 16.2 Å². The van der Waals surface area contributed by atoms with Crippen molar-refractivity contribution in [3.63, 3.8) is 0 Å². The van der Waals surface area contributed by atoms with Gasteiger partial charge in [-0.25, -0.2) is 9.18 Å². The fourth-order valence-electron chi connectivity index (χ4n) is 3.15. The Morgan fingerprint density at radius 3 is 2.24 bits per heavy atom. The van der Waals surface area contributed by atoms with Crippen LogP contribution in [0.15, 0.2) is 36.2 Å². The van der Waals surface area contributed by atoms with Gasteiger partial charge in [0, 0.05) is 5.57 Å². The number of hydrogen-bond donors (Lipinski definition) is 2. The predicted molar refractivity (Wildman–Crippen MR) is 90.6 cm³/mol. The molecular formula is C18H23FN2O4. The van der Waals surface area contributed by atoms with E-state index in [2.05, 4.69) is 4.74 Å². The number of benzene rings is 1. The van der Waals surface area contributed by atoms with Crippen LogP contribution >= 0.6 is 0 Å². The Kier molecular flexibility index (Phi) is 6.38. The highest BCUT2D eigenvalue weighted by Gasteiger charge is 2.39. The van der Waals surface area contributed by atoms with Crippen LogP contribution < -0.4 is 16.2 Å². The molecule has 0 spiro atoms. The van der Waals surface area contributed by atoms with Gasteiger partial charge in [0.15, 0.2) is 0 Å². The Morgan fingerprint density at radius 1 is 1.08 bits per heavy atom. The molecule has 0 radical (unpaired) electrons. The van der Waals surface area contributed by atoms with E-state index in [1.165, 1.54) is 0 Å². The predicted octanol–water partition coefficient (Wildman–Crippen LogP) is 2.70. The third-order valence-corrected chi connectivity index (χ3v) is 4.56. The van der Waals surface area contributed by atoms with Gasteiger partial charge in [0.1, 0.15) is 19.0 Å². The second-order valence-corrected chi connectivity index (χ2v) is 6.20. The molecule has 0 unspecified atom stereocenters. The van der Waals surface area contributed by atoms with E-state index in [9.17, 15) is 14.0 Å². The molecule has 4 N–H and O–H groups in total. The fraction of sp³-hybridized carbons (Fsp3) is 0.444. The quantitative estimate of drug-likeness (QED) is 0.789. The third kappa shape index (κ3) is 4.71. The highest BCUT2D eigenvalue weighted by atomic mass is 19.1. The molecule has 2 amide bonds. The number of rotatable bonds is 7. The van der Waals surface area contributed by atoms with Gasteiger partial charge in [0.05, 0.1) is 11.7 Å². The first-order valence-electron chi connectivity index (χ1n) is 8.21. The molecule has 6 nitrogen and oxygen atoms in total. The zero-order chi connectivity index (χ0) is 18.3. The van der Waals surface area contributed by atoms with Crippen molar-refractivity contribution in [1.82, 2.24) is 0 Å². The highest BCUT2D eigenvalue weighted by Crippen LogP contribution is 2.39. The highest BCUT2D eigenvalue weighted by molar-refractivity contribution is 5.86. The summed E-state index contributed by atoms with van der Waals surface area (Å²) in [5, 5.41) is 0. The Labute approximate surface area is 146 Å². The van der Waals surface area contributed by atoms with Crippen molar-refractivity contribution < 1.29 is 23.5 Å². The average molecular weight is 350 g/mol. The van der Waals surface area contributed by atoms with E-state index < -0.39 is 11.5 Å². The van der Waals surface area contributed by atoms with Crippen LogP contribution in [0.25, 0.3) is 0 Å². The maximum absolute atomic E-state index is 12.7. The van der Waals surface area contributed by atoms with E-state index in [1.54, 1.807) is 12.1 Å². The molecule has 1 aliphatic carbocycles. The zero-order valence-corrected chi connectivity index (χ0v) is 14.0. The summed E-state index contributed by atoms with van der Waals surface area (Å²) in [6, 6.07) is 7.09. The summed E-state index contributed by atoms with van der Waals surface area (Å²) in [5.74, 6) is 0.213. The summed E-state index contributed by atoms with van der Waals surface area (Å²) in [5.41, 5.74) is 10.9. The Balaban J connectivity index is 2.01. The molecule has 0 atom stereocenters. The van der Waals surface area contributed by atoms with Crippen molar-refractivity contribution in [3.8, 4) is 5.75 Å². The van der Waals surface area contributed by atoms with Crippen LogP contribution in [-0.2, 0) is 14.9 Å². The second kappa shape index (κ2) is 8.50. The number of amides is 2. The molecule has 2 rings (SSSR count). The van der Waals surface area contributed by atoms with Crippen molar-refractivity contribution in [3.05, 3.63) is 41.7 Å². The molecule has 25 heavy (non-hydrogen) atoms.